The molecular formula is C19H30F3N3O. The number of hydrogen-bond donors (Lipinski definition) is 2. The Balaban J connectivity index is 1.40. The lowest BCUT2D eigenvalue weighted by molar-refractivity contribution is -0.183. The third-order valence-corrected chi connectivity index (χ3v) is 7.12. The number of rotatable bonds is 3. The number of nitrogens with zero attached hydrogens (tertiary/aromatic N) is 1. The molecule has 1 aliphatic heterocycles. The average molecular weight is 373 g/mol. The molecule has 2 N–H and O–H groups in total. The Labute approximate surface area is 153 Å². The van der Waals surface area contributed by atoms with Gasteiger partial charge in [-0.05, 0) is 45.4 Å². The van der Waals surface area contributed by atoms with Crippen LogP contribution in [0.3, 0.4) is 0 Å². The minimum atomic E-state index is -4.09. The molecule has 0 bridgehead atoms. The lowest BCUT2D eigenvalue weighted by Crippen LogP contribution is -2.72. The molecule has 148 valence electrons. The van der Waals surface area contributed by atoms with E-state index in [0.717, 1.165) is 19.4 Å². The van der Waals surface area contributed by atoms with Crippen molar-refractivity contribution in [2.75, 3.05) is 13.2 Å². The van der Waals surface area contributed by atoms with Gasteiger partial charge in [0.1, 0.15) is 0 Å². The van der Waals surface area contributed by atoms with Gasteiger partial charge in [0.05, 0.1) is 12.0 Å². The quantitative estimate of drug-likeness (QED) is 0.587. The first-order valence-corrected chi connectivity index (χ1v) is 10.2. The van der Waals surface area contributed by atoms with Gasteiger partial charge in [0, 0.05) is 36.6 Å². The van der Waals surface area contributed by atoms with Crippen LogP contribution in [0.2, 0.25) is 0 Å². The standard InChI is InChI=1S/C19H30F3N3O/c1-2-23-17(24-13-6-3-5-12(11-13)19(20,21)22)25-15-14-7-10-26-16(14)18(15)8-4-9-18/h12-16H,2-11H2,1H3,(H2,23,24,25). The van der Waals surface area contributed by atoms with Crippen LogP contribution in [-0.4, -0.2) is 43.5 Å². The molecule has 5 atom stereocenters. The van der Waals surface area contributed by atoms with E-state index in [1.807, 2.05) is 6.92 Å². The van der Waals surface area contributed by atoms with Crippen molar-refractivity contribution in [3.8, 4) is 0 Å². The third-order valence-electron chi connectivity index (χ3n) is 7.12. The van der Waals surface area contributed by atoms with Gasteiger partial charge in [-0.15, -0.1) is 0 Å². The van der Waals surface area contributed by atoms with E-state index in [4.69, 9.17) is 4.74 Å². The zero-order valence-electron chi connectivity index (χ0n) is 15.4. The largest absolute Gasteiger partial charge is 0.391 e. The number of alkyl halides is 3. The topological polar surface area (TPSA) is 45.7 Å². The molecule has 0 aromatic rings. The molecular weight excluding hydrogens is 343 g/mol. The number of hydrogen-bond acceptors (Lipinski definition) is 2. The first kappa shape index (κ1) is 18.4. The zero-order valence-corrected chi connectivity index (χ0v) is 15.4. The Hall–Kier alpha value is -0.980. The summed E-state index contributed by atoms with van der Waals surface area (Å²) in [6.07, 6.45) is 2.78. The molecule has 4 aliphatic rings. The number of halogens is 3. The van der Waals surface area contributed by atoms with Crippen LogP contribution in [0.5, 0.6) is 0 Å². The van der Waals surface area contributed by atoms with Gasteiger partial charge in [0.15, 0.2) is 5.96 Å². The molecule has 0 aromatic heterocycles. The van der Waals surface area contributed by atoms with E-state index in [2.05, 4.69) is 15.6 Å². The lowest BCUT2D eigenvalue weighted by atomic mass is 9.46. The van der Waals surface area contributed by atoms with Crippen molar-refractivity contribution in [2.24, 2.45) is 22.2 Å². The van der Waals surface area contributed by atoms with Crippen LogP contribution in [0.15, 0.2) is 4.99 Å². The molecule has 4 nitrogen and oxygen atoms in total. The third kappa shape index (κ3) is 3.10. The smallest absolute Gasteiger partial charge is 0.377 e. The lowest BCUT2D eigenvalue weighted by Gasteiger charge is -2.63. The van der Waals surface area contributed by atoms with Crippen molar-refractivity contribution >= 4 is 5.96 Å². The molecule has 1 saturated heterocycles. The minimum absolute atomic E-state index is 0.152. The Morgan fingerprint density at radius 2 is 1.96 bits per heavy atom. The maximum atomic E-state index is 13.1. The fourth-order valence-electron chi connectivity index (χ4n) is 5.71. The van der Waals surface area contributed by atoms with Crippen molar-refractivity contribution < 1.29 is 17.9 Å². The Morgan fingerprint density at radius 3 is 2.62 bits per heavy atom. The first-order chi connectivity index (χ1) is 12.4. The van der Waals surface area contributed by atoms with Gasteiger partial charge in [-0.1, -0.05) is 12.8 Å². The Morgan fingerprint density at radius 1 is 1.15 bits per heavy atom. The molecule has 4 fully saturated rings. The molecule has 1 heterocycles. The number of guanidine groups is 1. The van der Waals surface area contributed by atoms with E-state index in [0.29, 0.717) is 37.0 Å². The SMILES string of the molecule is CCN=C(NC1CCCC(C(F)(F)F)C1)NC1C2CCOC2C12CCC2. The summed E-state index contributed by atoms with van der Waals surface area (Å²) in [5, 5.41) is 6.92. The van der Waals surface area contributed by atoms with Crippen LogP contribution in [-0.2, 0) is 4.74 Å². The van der Waals surface area contributed by atoms with Crippen molar-refractivity contribution in [1.82, 2.24) is 10.6 Å². The Bertz CT molecular complexity index is 547. The molecule has 3 aliphatic carbocycles. The Kier molecular flexibility index (Phi) is 4.86. The van der Waals surface area contributed by atoms with E-state index < -0.39 is 12.1 Å². The molecule has 26 heavy (non-hydrogen) atoms. The summed E-state index contributed by atoms with van der Waals surface area (Å²) in [4.78, 5) is 4.54. The van der Waals surface area contributed by atoms with Gasteiger partial charge >= 0.3 is 6.18 Å². The molecule has 0 radical (unpaired) electrons. The molecule has 3 saturated carbocycles. The predicted octanol–water partition coefficient (Wildman–Crippen LogP) is 3.62. The normalized spacial score (nSPS) is 39.1. The van der Waals surface area contributed by atoms with E-state index in [1.165, 1.54) is 19.3 Å². The summed E-state index contributed by atoms with van der Waals surface area (Å²) in [5.74, 6) is 0.0290. The van der Waals surface area contributed by atoms with Gasteiger partial charge in [-0.25, -0.2) is 0 Å². The maximum absolute atomic E-state index is 13.1. The second kappa shape index (κ2) is 6.88. The van der Waals surface area contributed by atoms with Crippen molar-refractivity contribution in [3.63, 3.8) is 0 Å². The number of nitrogens with one attached hydrogen (secondary N) is 2. The maximum Gasteiger partial charge on any atom is 0.391 e. The highest BCUT2D eigenvalue weighted by atomic mass is 19.4. The fourth-order valence-corrected chi connectivity index (χ4v) is 5.71. The van der Waals surface area contributed by atoms with Crippen LogP contribution >= 0.6 is 0 Å². The monoisotopic (exact) mass is 373 g/mol. The molecule has 7 heteroatoms. The fraction of sp³-hybridized carbons (Fsp3) is 0.947. The van der Waals surface area contributed by atoms with Gasteiger partial charge in [-0.3, -0.25) is 4.99 Å². The molecule has 0 amide bonds. The predicted molar refractivity (Wildman–Crippen MR) is 94.0 cm³/mol. The van der Waals surface area contributed by atoms with Crippen LogP contribution in [0, 0.1) is 17.3 Å². The van der Waals surface area contributed by atoms with Gasteiger partial charge in [-0.2, -0.15) is 13.2 Å². The van der Waals surface area contributed by atoms with Gasteiger partial charge in [0.25, 0.3) is 0 Å². The number of fused-ring (bicyclic) bond motifs is 2. The molecule has 5 unspecified atom stereocenters. The summed E-state index contributed by atoms with van der Waals surface area (Å²) in [5.41, 5.74) is 0.235. The first-order valence-electron chi connectivity index (χ1n) is 10.2. The van der Waals surface area contributed by atoms with Crippen LogP contribution in [0.1, 0.15) is 58.3 Å². The summed E-state index contributed by atoms with van der Waals surface area (Å²) < 4.78 is 45.2. The second-order valence-electron chi connectivity index (χ2n) is 8.52. The summed E-state index contributed by atoms with van der Waals surface area (Å²) in [6, 6.07) is 0.199. The average Bonchev–Trinajstić information content (AvgIpc) is 2.96. The number of ether oxygens (including phenoxy) is 1. The summed E-state index contributed by atoms with van der Waals surface area (Å²) in [6.45, 7) is 3.41. The van der Waals surface area contributed by atoms with Crippen LogP contribution in [0.25, 0.3) is 0 Å². The molecule has 4 rings (SSSR count). The zero-order chi connectivity index (χ0) is 18.4. The van der Waals surface area contributed by atoms with E-state index in [1.54, 1.807) is 0 Å². The minimum Gasteiger partial charge on any atom is -0.377 e. The highest BCUT2D eigenvalue weighted by molar-refractivity contribution is 5.80. The summed E-state index contributed by atoms with van der Waals surface area (Å²) >= 11 is 0. The van der Waals surface area contributed by atoms with E-state index in [-0.39, 0.29) is 24.3 Å². The summed E-state index contributed by atoms with van der Waals surface area (Å²) in [7, 11) is 0. The van der Waals surface area contributed by atoms with Gasteiger partial charge < -0.3 is 15.4 Å². The van der Waals surface area contributed by atoms with Crippen LogP contribution < -0.4 is 10.6 Å². The van der Waals surface area contributed by atoms with Gasteiger partial charge in [0.2, 0.25) is 0 Å². The molecule has 1 spiro atoms. The van der Waals surface area contributed by atoms with E-state index in [9.17, 15) is 13.2 Å². The van der Waals surface area contributed by atoms with E-state index >= 15 is 0 Å². The number of aliphatic imine (C=N–C) groups is 1. The van der Waals surface area contributed by atoms with Crippen molar-refractivity contribution in [1.29, 1.82) is 0 Å². The van der Waals surface area contributed by atoms with Crippen molar-refractivity contribution in [3.05, 3.63) is 0 Å². The van der Waals surface area contributed by atoms with Crippen LogP contribution in [0.4, 0.5) is 13.2 Å². The highest BCUT2D eigenvalue weighted by Crippen LogP contribution is 2.62. The highest BCUT2D eigenvalue weighted by Gasteiger charge is 2.66. The molecule has 0 aromatic carbocycles. The second-order valence-corrected chi connectivity index (χ2v) is 8.52. The van der Waals surface area contributed by atoms with Crippen molar-refractivity contribution in [2.45, 2.75) is 82.7 Å².